The number of benzene rings is 1. The Morgan fingerprint density at radius 2 is 1.88 bits per heavy atom. The van der Waals surface area contributed by atoms with Crippen molar-refractivity contribution >= 4 is 29.3 Å². The van der Waals surface area contributed by atoms with Crippen molar-refractivity contribution in [1.29, 1.82) is 0 Å². The summed E-state index contributed by atoms with van der Waals surface area (Å²) in [5.41, 5.74) is -1.19. The second-order valence-electron chi connectivity index (χ2n) is 10.1. The largest absolute Gasteiger partial charge is 0.472 e. The fraction of sp³-hybridized carbons (Fsp3) is 0.407. The molecule has 2 aromatic heterocycles. The minimum absolute atomic E-state index is 0.0752. The number of piperidine rings is 1. The Morgan fingerprint density at radius 1 is 1.07 bits per heavy atom. The molecule has 2 atom stereocenters. The van der Waals surface area contributed by atoms with Crippen LogP contribution in [0.3, 0.4) is 0 Å². The normalized spacial score (nSPS) is 19.2. The van der Waals surface area contributed by atoms with E-state index in [1.54, 1.807) is 11.0 Å². The van der Waals surface area contributed by atoms with Crippen LogP contribution in [0.4, 0.5) is 39.7 Å². The van der Waals surface area contributed by atoms with Crippen LogP contribution in [0.1, 0.15) is 42.4 Å². The van der Waals surface area contributed by atoms with E-state index in [9.17, 15) is 27.2 Å². The Balaban J connectivity index is 1.18. The number of aromatic nitrogens is 2. The highest BCUT2D eigenvalue weighted by atomic mass is 19.4. The van der Waals surface area contributed by atoms with Gasteiger partial charge in [0.15, 0.2) is 5.69 Å². The van der Waals surface area contributed by atoms with Gasteiger partial charge in [-0.3, -0.25) is 4.79 Å². The molecule has 2 fully saturated rings. The van der Waals surface area contributed by atoms with Gasteiger partial charge in [0, 0.05) is 32.1 Å². The lowest BCUT2D eigenvalue weighted by molar-refractivity contribution is -0.141. The van der Waals surface area contributed by atoms with Crippen molar-refractivity contribution in [1.82, 2.24) is 14.9 Å². The Kier molecular flexibility index (Phi) is 7.99. The van der Waals surface area contributed by atoms with E-state index in [2.05, 4.69) is 20.6 Å². The van der Waals surface area contributed by atoms with E-state index in [0.29, 0.717) is 26.1 Å². The number of likely N-dealkylation sites (tertiary alicyclic amines) is 1. The number of alkyl halides is 3. The average Bonchev–Trinajstić information content (AvgIpc) is 3.59. The predicted molar refractivity (Wildman–Crippen MR) is 140 cm³/mol. The van der Waals surface area contributed by atoms with Crippen LogP contribution < -0.4 is 20.3 Å². The number of amides is 3. The van der Waals surface area contributed by atoms with Crippen LogP contribution in [-0.4, -0.2) is 59.1 Å². The minimum atomic E-state index is -4.88. The Hall–Kier alpha value is -4.36. The van der Waals surface area contributed by atoms with Gasteiger partial charge in [-0.25, -0.2) is 14.2 Å². The number of nitrogens with one attached hydrogen (secondary N) is 2. The number of carbonyl (C=O) groups is 2. The Bertz CT molecular complexity index is 1400. The summed E-state index contributed by atoms with van der Waals surface area (Å²) in [7, 11) is 0. The summed E-state index contributed by atoms with van der Waals surface area (Å²) in [4.78, 5) is 36.1. The lowest BCUT2D eigenvalue weighted by Crippen LogP contribution is -2.34. The molecule has 3 aromatic rings. The summed E-state index contributed by atoms with van der Waals surface area (Å²) in [6.07, 6.45) is -1.78. The summed E-state index contributed by atoms with van der Waals surface area (Å²) in [5.74, 6) is -2.12. The van der Waals surface area contributed by atoms with Crippen LogP contribution in [-0.2, 0) is 6.18 Å². The second kappa shape index (κ2) is 11.6. The zero-order chi connectivity index (χ0) is 29.1. The number of halogens is 4. The first kappa shape index (κ1) is 28.2. The first-order valence-corrected chi connectivity index (χ1v) is 13.1. The van der Waals surface area contributed by atoms with Gasteiger partial charge in [-0.05, 0) is 37.0 Å². The average molecular weight is 577 g/mol. The number of carbonyl (C=O) groups excluding carboxylic acids is 2. The Morgan fingerprint density at radius 3 is 2.59 bits per heavy atom. The highest BCUT2D eigenvalue weighted by Gasteiger charge is 2.42. The molecule has 14 heteroatoms. The molecular weight excluding hydrogens is 548 g/mol. The molecule has 3 amide bonds. The van der Waals surface area contributed by atoms with Gasteiger partial charge in [0.1, 0.15) is 11.9 Å². The molecule has 0 radical (unpaired) electrons. The molecule has 0 aliphatic carbocycles. The van der Waals surface area contributed by atoms with Gasteiger partial charge >= 0.3 is 12.2 Å². The number of pyridine rings is 1. The maximum absolute atomic E-state index is 13.8. The molecule has 4 heterocycles. The molecule has 0 bridgehead atoms. The number of oxazole rings is 1. The third-order valence-electron chi connectivity index (χ3n) is 6.85. The highest BCUT2D eigenvalue weighted by molar-refractivity contribution is 6.03. The van der Waals surface area contributed by atoms with Gasteiger partial charge in [0.2, 0.25) is 11.6 Å². The van der Waals surface area contributed by atoms with Gasteiger partial charge in [-0.2, -0.15) is 18.2 Å². The van der Waals surface area contributed by atoms with E-state index >= 15 is 0 Å². The predicted octanol–water partition coefficient (Wildman–Crippen LogP) is 5.40. The first-order valence-electron chi connectivity index (χ1n) is 13.1. The monoisotopic (exact) mass is 576 g/mol. The lowest BCUT2D eigenvalue weighted by atomic mass is 10.0. The third-order valence-corrected chi connectivity index (χ3v) is 6.85. The molecule has 218 valence electrons. The number of hydrogen-bond donors (Lipinski definition) is 2. The summed E-state index contributed by atoms with van der Waals surface area (Å²) in [5, 5.41) is 4.89. The van der Waals surface area contributed by atoms with E-state index in [0.717, 1.165) is 12.8 Å². The summed E-state index contributed by atoms with van der Waals surface area (Å²) < 4.78 is 65.9. The molecule has 5 rings (SSSR count). The number of hydrogen-bond acceptors (Lipinski definition) is 7. The van der Waals surface area contributed by atoms with E-state index in [4.69, 9.17) is 9.15 Å². The number of urea groups is 1. The topological polar surface area (TPSA) is 113 Å². The van der Waals surface area contributed by atoms with Crippen molar-refractivity contribution in [3.8, 4) is 5.88 Å². The van der Waals surface area contributed by atoms with Crippen molar-refractivity contribution < 1.29 is 36.3 Å². The smallest absolute Gasteiger partial charge is 0.437 e. The van der Waals surface area contributed by atoms with Crippen molar-refractivity contribution in [3.63, 3.8) is 0 Å². The van der Waals surface area contributed by atoms with Gasteiger partial charge in [0.25, 0.3) is 11.9 Å². The third kappa shape index (κ3) is 6.69. The van der Waals surface area contributed by atoms with Crippen LogP contribution in [0, 0.1) is 11.7 Å². The molecule has 0 spiro atoms. The number of para-hydroxylation sites is 1. The van der Waals surface area contributed by atoms with E-state index in [1.165, 1.54) is 41.4 Å². The summed E-state index contributed by atoms with van der Waals surface area (Å²) >= 11 is 0. The molecular formula is C27H28F4N6O4. The molecule has 0 saturated carbocycles. The van der Waals surface area contributed by atoms with Crippen LogP contribution in [0.5, 0.6) is 5.88 Å². The maximum Gasteiger partial charge on any atom is 0.437 e. The van der Waals surface area contributed by atoms with Crippen LogP contribution in [0.25, 0.3) is 0 Å². The van der Waals surface area contributed by atoms with E-state index in [1.807, 2.05) is 6.92 Å². The van der Waals surface area contributed by atoms with Crippen molar-refractivity contribution in [2.45, 2.75) is 38.5 Å². The molecule has 2 N–H and O–H groups in total. The first-order chi connectivity index (χ1) is 19.6. The molecule has 1 unspecified atom stereocenters. The van der Waals surface area contributed by atoms with Gasteiger partial charge in [-0.15, -0.1) is 0 Å². The molecule has 2 aliphatic rings. The highest BCUT2D eigenvalue weighted by Crippen LogP contribution is 2.35. The zero-order valence-corrected chi connectivity index (χ0v) is 22.1. The fourth-order valence-electron chi connectivity index (χ4n) is 4.80. The van der Waals surface area contributed by atoms with E-state index < -0.39 is 35.4 Å². The quantitative estimate of drug-likeness (QED) is 0.378. The minimum Gasteiger partial charge on any atom is -0.472 e. The lowest BCUT2D eigenvalue weighted by Gasteiger charge is -2.29. The second-order valence-corrected chi connectivity index (χ2v) is 10.1. The molecule has 41 heavy (non-hydrogen) atoms. The molecule has 1 aromatic carbocycles. The standard InChI is InChI=1S/C27H28F4N6O4/c1-16-5-4-11-37(14-16)26-35-23(27(29,30)31)22(41-26)24(38)33-17-8-9-21(32-13-17)40-18-10-12-36(15-18)25(39)34-20-7-3-2-6-19(20)28/h2-3,6-9,13,16,18H,4-5,10-12,14-15H2,1H3,(H,33,38)(H,34,39)/t16?,18-/m1/s1. The molecule has 10 nitrogen and oxygen atoms in total. The summed E-state index contributed by atoms with van der Waals surface area (Å²) in [6.45, 7) is 3.59. The number of rotatable bonds is 6. The van der Waals surface area contributed by atoms with Crippen molar-refractivity contribution in [3.05, 3.63) is 59.9 Å². The van der Waals surface area contributed by atoms with Crippen molar-refractivity contribution in [2.24, 2.45) is 5.92 Å². The molecule has 2 saturated heterocycles. The van der Waals surface area contributed by atoms with Crippen molar-refractivity contribution in [2.75, 3.05) is 41.7 Å². The number of anilines is 3. The van der Waals surface area contributed by atoms with Gasteiger partial charge < -0.3 is 29.6 Å². The van der Waals surface area contributed by atoms with Crippen LogP contribution in [0.2, 0.25) is 0 Å². The Labute approximate surface area is 232 Å². The SMILES string of the molecule is CC1CCCN(c2nc(C(F)(F)F)c(C(=O)Nc3ccc(O[C@@H]4CCN(C(=O)Nc5ccccc5F)C4)nc3)o2)C1. The van der Waals surface area contributed by atoms with Crippen LogP contribution >= 0.6 is 0 Å². The van der Waals surface area contributed by atoms with Gasteiger partial charge in [-0.1, -0.05) is 19.1 Å². The fourth-order valence-corrected chi connectivity index (χ4v) is 4.80. The number of nitrogens with zero attached hydrogens (tertiary/aromatic N) is 4. The zero-order valence-electron chi connectivity index (χ0n) is 22.1. The van der Waals surface area contributed by atoms with E-state index in [-0.39, 0.29) is 41.8 Å². The van der Waals surface area contributed by atoms with Gasteiger partial charge in [0.05, 0.1) is 24.1 Å². The van der Waals surface area contributed by atoms with Crippen LogP contribution in [0.15, 0.2) is 47.0 Å². The maximum atomic E-state index is 13.8. The summed E-state index contributed by atoms with van der Waals surface area (Å²) in [6, 6.07) is 8.02. The number of ether oxygens (including phenoxy) is 1. The molecule has 2 aliphatic heterocycles.